The third-order valence-corrected chi connectivity index (χ3v) is 6.25. The number of carbonyl (C=O) groups excluding carboxylic acids is 1. The van der Waals surface area contributed by atoms with E-state index in [-0.39, 0.29) is 17.9 Å². The van der Waals surface area contributed by atoms with E-state index in [2.05, 4.69) is 47.4 Å². The zero-order chi connectivity index (χ0) is 18.0. The topological polar surface area (TPSA) is 43.8 Å². The Hall–Kier alpha value is -1.91. The van der Waals surface area contributed by atoms with Crippen molar-refractivity contribution in [1.29, 1.82) is 0 Å². The minimum absolute atomic E-state index is 0.0654. The molecule has 0 unspecified atom stereocenters. The first-order chi connectivity index (χ1) is 12.7. The molecule has 4 rings (SSSR count). The Morgan fingerprint density at radius 1 is 1.00 bits per heavy atom. The maximum Gasteiger partial charge on any atom is 0.222 e. The Bertz CT molecular complexity index is 781. The molecule has 1 amide bonds. The van der Waals surface area contributed by atoms with Crippen LogP contribution in [-0.2, 0) is 11.3 Å². The number of hydrogen-bond acceptors (Lipinski definition) is 3. The van der Waals surface area contributed by atoms with Crippen molar-refractivity contribution in [2.75, 3.05) is 32.8 Å². The number of hydrogen-bond donors (Lipinski definition) is 1. The molecule has 4 nitrogen and oxygen atoms in total. The molecule has 4 heteroatoms. The average molecular weight is 352 g/mol. The number of piperidine rings is 2. The molecule has 0 bridgehead atoms. The zero-order valence-electron chi connectivity index (χ0n) is 15.4. The molecular formula is C22H28N2O2. The number of aliphatic hydroxyl groups is 1. The summed E-state index contributed by atoms with van der Waals surface area (Å²) in [6, 6.07) is 15.3. The molecule has 0 radical (unpaired) electrons. The third kappa shape index (κ3) is 3.62. The van der Waals surface area contributed by atoms with E-state index >= 15 is 0 Å². The molecule has 2 fully saturated rings. The number of likely N-dealkylation sites (tertiary alicyclic amines) is 2. The van der Waals surface area contributed by atoms with Crippen LogP contribution in [0.3, 0.4) is 0 Å². The van der Waals surface area contributed by atoms with Gasteiger partial charge in [-0.25, -0.2) is 0 Å². The van der Waals surface area contributed by atoms with E-state index in [9.17, 15) is 9.90 Å². The smallest absolute Gasteiger partial charge is 0.222 e. The van der Waals surface area contributed by atoms with E-state index in [1.807, 2.05) is 4.90 Å². The average Bonchev–Trinajstić information content (AvgIpc) is 2.67. The fourth-order valence-electron chi connectivity index (χ4n) is 4.62. The second kappa shape index (κ2) is 7.37. The standard InChI is InChI=1S/C22H28N2O2/c25-14-13-24-17-22(8-7-21(24)26)9-11-23(12-10-22)16-18-5-6-19-3-1-2-4-20(19)15-18/h1-6,15,25H,7-14,16-17H2. The SMILES string of the molecule is O=C1CCC2(CCN(Cc3ccc4ccccc4c3)CC2)CN1CCO. The van der Waals surface area contributed by atoms with Gasteiger partial charge in [0.1, 0.15) is 0 Å². The van der Waals surface area contributed by atoms with Crippen LogP contribution in [0.15, 0.2) is 42.5 Å². The molecule has 0 aliphatic carbocycles. The summed E-state index contributed by atoms with van der Waals surface area (Å²) in [5, 5.41) is 11.8. The van der Waals surface area contributed by atoms with Crippen molar-refractivity contribution >= 4 is 16.7 Å². The number of carbonyl (C=O) groups is 1. The maximum atomic E-state index is 12.0. The van der Waals surface area contributed by atoms with Gasteiger partial charge in [0.05, 0.1) is 6.61 Å². The van der Waals surface area contributed by atoms with Crippen molar-refractivity contribution in [2.24, 2.45) is 5.41 Å². The number of nitrogens with zero attached hydrogens (tertiary/aromatic N) is 2. The number of β-amino-alcohol motifs (C(OH)–C–C–N with tert-alkyl or cyclic N) is 1. The van der Waals surface area contributed by atoms with Gasteiger partial charge in [0.2, 0.25) is 5.91 Å². The molecule has 2 aromatic rings. The summed E-state index contributed by atoms with van der Waals surface area (Å²) in [5.41, 5.74) is 1.64. The van der Waals surface area contributed by atoms with Crippen LogP contribution in [0.4, 0.5) is 0 Å². The lowest BCUT2D eigenvalue weighted by molar-refractivity contribution is -0.139. The fraction of sp³-hybridized carbons (Fsp3) is 0.500. The first kappa shape index (κ1) is 17.5. The molecule has 0 atom stereocenters. The second-order valence-electron chi connectivity index (χ2n) is 8.00. The Labute approximate surface area is 155 Å². The molecule has 2 aliphatic heterocycles. The van der Waals surface area contributed by atoms with Crippen molar-refractivity contribution in [2.45, 2.75) is 32.2 Å². The Balaban J connectivity index is 1.37. The van der Waals surface area contributed by atoms with Gasteiger partial charge in [-0.15, -0.1) is 0 Å². The lowest BCUT2D eigenvalue weighted by atomic mass is 9.72. The highest BCUT2D eigenvalue weighted by molar-refractivity contribution is 5.83. The summed E-state index contributed by atoms with van der Waals surface area (Å²) in [5.74, 6) is 0.211. The predicted octanol–water partition coefficient (Wildman–Crippen LogP) is 3.04. The van der Waals surface area contributed by atoms with Crippen LogP contribution in [0.25, 0.3) is 10.8 Å². The van der Waals surface area contributed by atoms with Gasteiger partial charge in [-0.3, -0.25) is 9.69 Å². The van der Waals surface area contributed by atoms with Crippen LogP contribution in [0.1, 0.15) is 31.2 Å². The molecule has 0 aromatic heterocycles. The Morgan fingerprint density at radius 2 is 1.77 bits per heavy atom. The van der Waals surface area contributed by atoms with E-state index in [1.165, 1.54) is 16.3 Å². The largest absolute Gasteiger partial charge is 0.395 e. The zero-order valence-corrected chi connectivity index (χ0v) is 15.4. The second-order valence-corrected chi connectivity index (χ2v) is 8.00. The van der Waals surface area contributed by atoms with Gasteiger partial charge in [0.15, 0.2) is 0 Å². The van der Waals surface area contributed by atoms with Gasteiger partial charge in [0, 0.05) is 26.1 Å². The van der Waals surface area contributed by atoms with Crippen molar-refractivity contribution in [3.8, 4) is 0 Å². The van der Waals surface area contributed by atoms with Crippen molar-refractivity contribution in [1.82, 2.24) is 9.80 Å². The van der Waals surface area contributed by atoms with Crippen molar-refractivity contribution < 1.29 is 9.90 Å². The van der Waals surface area contributed by atoms with E-state index in [1.54, 1.807) is 0 Å². The molecule has 1 spiro atoms. The highest BCUT2D eigenvalue weighted by Crippen LogP contribution is 2.40. The molecule has 1 N–H and O–H groups in total. The summed E-state index contributed by atoms with van der Waals surface area (Å²) in [6.45, 7) is 4.57. The van der Waals surface area contributed by atoms with Crippen LogP contribution in [0, 0.1) is 5.41 Å². The minimum atomic E-state index is 0.0654. The van der Waals surface area contributed by atoms with Crippen molar-refractivity contribution in [3.63, 3.8) is 0 Å². The van der Waals surface area contributed by atoms with Crippen LogP contribution in [0.5, 0.6) is 0 Å². The molecule has 26 heavy (non-hydrogen) atoms. The van der Waals surface area contributed by atoms with Crippen LogP contribution < -0.4 is 0 Å². The summed E-state index contributed by atoms with van der Waals surface area (Å²) in [7, 11) is 0. The van der Waals surface area contributed by atoms with E-state index < -0.39 is 0 Å². The molecule has 2 heterocycles. The third-order valence-electron chi connectivity index (χ3n) is 6.25. The Morgan fingerprint density at radius 3 is 2.54 bits per heavy atom. The van der Waals surface area contributed by atoms with E-state index in [0.29, 0.717) is 13.0 Å². The summed E-state index contributed by atoms with van der Waals surface area (Å²) < 4.78 is 0. The van der Waals surface area contributed by atoms with Crippen LogP contribution in [-0.4, -0.2) is 53.6 Å². The highest BCUT2D eigenvalue weighted by atomic mass is 16.3. The van der Waals surface area contributed by atoms with Gasteiger partial charge < -0.3 is 10.0 Å². The lowest BCUT2D eigenvalue weighted by Crippen LogP contribution is -2.51. The first-order valence-corrected chi connectivity index (χ1v) is 9.76. The monoisotopic (exact) mass is 352 g/mol. The van der Waals surface area contributed by atoms with Crippen LogP contribution >= 0.6 is 0 Å². The molecule has 2 aliphatic rings. The first-order valence-electron chi connectivity index (χ1n) is 9.76. The number of aliphatic hydroxyl groups excluding tert-OH is 1. The highest BCUT2D eigenvalue weighted by Gasteiger charge is 2.40. The molecule has 2 saturated heterocycles. The van der Waals surface area contributed by atoms with Gasteiger partial charge in [-0.05, 0) is 60.2 Å². The fourth-order valence-corrected chi connectivity index (χ4v) is 4.62. The number of fused-ring (bicyclic) bond motifs is 1. The molecule has 138 valence electrons. The summed E-state index contributed by atoms with van der Waals surface area (Å²) in [4.78, 5) is 16.4. The minimum Gasteiger partial charge on any atom is -0.395 e. The quantitative estimate of drug-likeness (QED) is 0.920. The van der Waals surface area contributed by atoms with E-state index in [4.69, 9.17) is 0 Å². The number of rotatable bonds is 4. The molecular weight excluding hydrogens is 324 g/mol. The Kier molecular flexibility index (Phi) is 4.96. The van der Waals surface area contributed by atoms with Gasteiger partial charge >= 0.3 is 0 Å². The van der Waals surface area contributed by atoms with Crippen LogP contribution in [0.2, 0.25) is 0 Å². The lowest BCUT2D eigenvalue weighted by Gasteiger charge is -2.47. The van der Waals surface area contributed by atoms with E-state index in [0.717, 1.165) is 45.4 Å². The summed E-state index contributed by atoms with van der Waals surface area (Å²) in [6.07, 6.45) is 3.95. The van der Waals surface area contributed by atoms with Gasteiger partial charge in [0.25, 0.3) is 0 Å². The van der Waals surface area contributed by atoms with Crippen molar-refractivity contribution in [3.05, 3.63) is 48.0 Å². The normalized spacial score (nSPS) is 20.8. The number of benzene rings is 2. The van der Waals surface area contributed by atoms with Gasteiger partial charge in [-0.1, -0.05) is 36.4 Å². The maximum absolute atomic E-state index is 12.0. The molecule has 0 saturated carbocycles. The van der Waals surface area contributed by atoms with Gasteiger partial charge in [-0.2, -0.15) is 0 Å². The summed E-state index contributed by atoms with van der Waals surface area (Å²) >= 11 is 0. The number of amides is 1. The molecule has 2 aromatic carbocycles. The predicted molar refractivity (Wildman–Crippen MR) is 104 cm³/mol.